The van der Waals surface area contributed by atoms with Crippen LogP contribution >= 0.6 is 0 Å². The first-order valence-corrected chi connectivity index (χ1v) is 7.50. The Hall–Kier alpha value is -3.04. The first-order chi connectivity index (χ1) is 12.1. The quantitative estimate of drug-likeness (QED) is 0.740. The van der Waals surface area contributed by atoms with Crippen molar-refractivity contribution in [3.8, 4) is 5.75 Å². The maximum Gasteiger partial charge on any atom is 0.429 e. The Morgan fingerprint density at radius 2 is 1.69 bits per heavy atom. The summed E-state index contributed by atoms with van der Waals surface area (Å²) >= 11 is 0. The fourth-order valence-electron chi connectivity index (χ4n) is 2.72. The maximum absolute atomic E-state index is 13.6. The molecule has 7 nitrogen and oxygen atoms in total. The van der Waals surface area contributed by atoms with Crippen molar-refractivity contribution in [2.45, 2.75) is 12.3 Å². The van der Waals surface area contributed by atoms with Gasteiger partial charge >= 0.3 is 11.9 Å². The van der Waals surface area contributed by atoms with Gasteiger partial charge in [-0.2, -0.15) is 13.2 Å². The highest BCUT2D eigenvalue weighted by Gasteiger charge is 2.45. The van der Waals surface area contributed by atoms with Gasteiger partial charge in [-0.3, -0.25) is 13.9 Å². The topological polar surface area (TPSA) is 68.8 Å². The molecule has 2 heterocycles. The number of aromatic nitrogens is 2. The van der Waals surface area contributed by atoms with Gasteiger partial charge in [0, 0.05) is 26.0 Å². The van der Waals surface area contributed by atoms with Crippen molar-refractivity contribution in [2.75, 3.05) is 12.0 Å². The SMILES string of the molecule is COc1ccc(N2C=c3c(=O)n(C)c(=O)n(C)c3=NC2C(F)(F)F)cc1. The fourth-order valence-corrected chi connectivity index (χ4v) is 2.72. The molecule has 0 bridgehead atoms. The minimum Gasteiger partial charge on any atom is -0.497 e. The largest absolute Gasteiger partial charge is 0.497 e. The average molecular weight is 368 g/mol. The zero-order valence-corrected chi connectivity index (χ0v) is 14.1. The number of nitrogens with zero attached hydrogens (tertiary/aromatic N) is 4. The summed E-state index contributed by atoms with van der Waals surface area (Å²) in [6.45, 7) is 0. The Morgan fingerprint density at radius 1 is 1.08 bits per heavy atom. The average Bonchev–Trinajstić information content (AvgIpc) is 2.63. The van der Waals surface area contributed by atoms with Gasteiger partial charge in [-0.25, -0.2) is 9.79 Å². The Balaban J connectivity index is 2.33. The van der Waals surface area contributed by atoms with E-state index in [2.05, 4.69) is 4.99 Å². The van der Waals surface area contributed by atoms with E-state index in [-0.39, 0.29) is 16.4 Å². The predicted molar refractivity (Wildman–Crippen MR) is 87.5 cm³/mol. The third kappa shape index (κ3) is 2.76. The third-order valence-electron chi connectivity index (χ3n) is 4.11. The van der Waals surface area contributed by atoms with E-state index in [1.54, 1.807) is 0 Å². The van der Waals surface area contributed by atoms with Crippen LogP contribution in [0, 0.1) is 0 Å². The molecular weight excluding hydrogens is 353 g/mol. The molecule has 1 aromatic carbocycles. The maximum atomic E-state index is 13.6. The Labute approximate surface area is 144 Å². The van der Waals surface area contributed by atoms with Gasteiger partial charge < -0.3 is 9.64 Å². The van der Waals surface area contributed by atoms with Crippen molar-refractivity contribution in [1.82, 2.24) is 9.13 Å². The van der Waals surface area contributed by atoms with E-state index in [9.17, 15) is 22.8 Å². The second-order valence-electron chi connectivity index (χ2n) is 5.72. The fraction of sp³-hybridized carbons (Fsp3) is 0.312. The Morgan fingerprint density at radius 3 is 2.23 bits per heavy atom. The molecule has 0 fully saturated rings. The lowest BCUT2D eigenvalue weighted by Crippen LogP contribution is -2.62. The number of hydrogen-bond donors (Lipinski definition) is 0. The highest BCUT2D eigenvalue weighted by molar-refractivity contribution is 5.61. The van der Waals surface area contributed by atoms with Gasteiger partial charge in [0.1, 0.15) is 11.2 Å². The zero-order chi connectivity index (χ0) is 19.2. The van der Waals surface area contributed by atoms with Crippen LogP contribution in [0.5, 0.6) is 5.75 Å². The van der Waals surface area contributed by atoms with Crippen molar-refractivity contribution >= 4 is 11.9 Å². The van der Waals surface area contributed by atoms with Gasteiger partial charge in [-0.15, -0.1) is 0 Å². The Bertz CT molecular complexity index is 1080. The van der Waals surface area contributed by atoms with Crippen molar-refractivity contribution in [2.24, 2.45) is 19.1 Å². The molecule has 2 aromatic rings. The van der Waals surface area contributed by atoms with Crippen LogP contribution in [0.4, 0.5) is 18.9 Å². The zero-order valence-electron chi connectivity index (χ0n) is 14.1. The number of fused-ring (bicyclic) bond motifs is 1. The normalized spacial score (nSPS) is 16.5. The predicted octanol–water partition coefficient (Wildman–Crippen LogP) is -0.141. The molecule has 138 valence electrons. The van der Waals surface area contributed by atoms with Crippen LogP contribution in [0.15, 0.2) is 38.8 Å². The molecule has 1 atom stereocenters. The number of ether oxygens (including phenoxy) is 1. The van der Waals surface area contributed by atoms with Crippen molar-refractivity contribution < 1.29 is 17.9 Å². The van der Waals surface area contributed by atoms with Crippen LogP contribution < -0.4 is 31.6 Å². The number of hydrogen-bond acceptors (Lipinski definition) is 5. The van der Waals surface area contributed by atoms with Gasteiger partial charge in [0.15, 0.2) is 0 Å². The van der Waals surface area contributed by atoms with Crippen LogP contribution in [-0.2, 0) is 14.1 Å². The highest BCUT2D eigenvalue weighted by atomic mass is 19.4. The van der Waals surface area contributed by atoms with Crippen molar-refractivity contribution in [3.63, 3.8) is 0 Å². The summed E-state index contributed by atoms with van der Waals surface area (Å²) < 4.78 is 47.5. The first kappa shape index (κ1) is 17.8. The smallest absolute Gasteiger partial charge is 0.429 e. The van der Waals surface area contributed by atoms with Gasteiger partial charge in [0.2, 0.25) is 6.17 Å². The number of halogens is 3. The summed E-state index contributed by atoms with van der Waals surface area (Å²) in [7, 11) is 3.97. The molecule has 0 aliphatic carbocycles. The van der Waals surface area contributed by atoms with Gasteiger partial charge in [0.25, 0.3) is 5.56 Å². The minimum absolute atomic E-state index is 0.0917. The molecule has 0 radical (unpaired) electrons. The van der Waals surface area contributed by atoms with E-state index in [0.29, 0.717) is 5.75 Å². The third-order valence-corrected chi connectivity index (χ3v) is 4.11. The number of anilines is 1. The summed E-state index contributed by atoms with van der Waals surface area (Å²) in [5.74, 6) is 0.477. The molecule has 26 heavy (non-hydrogen) atoms. The molecule has 1 unspecified atom stereocenters. The van der Waals surface area contributed by atoms with E-state index >= 15 is 0 Å². The van der Waals surface area contributed by atoms with Gasteiger partial charge in [0.05, 0.1) is 12.3 Å². The minimum atomic E-state index is -4.72. The lowest BCUT2D eigenvalue weighted by atomic mass is 10.2. The van der Waals surface area contributed by atoms with Crippen LogP contribution in [0.25, 0.3) is 6.20 Å². The van der Waals surface area contributed by atoms with Crippen LogP contribution in [0.2, 0.25) is 0 Å². The molecule has 3 rings (SSSR count). The molecule has 1 aliphatic heterocycles. The molecule has 0 saturated carbocycles. The summed E-state index contributed by atoms with van der Waals surface area (Å²) in [5.41, 5.74) is -1.58. The van der Waals surface area contributed by atoms with Crippen molar-refractivity contribution in [1.29, 1.82) is 0 Å². The summed E-state index contributed by atoms with van der Waals surface area (Å²) in [5, 5.41) is -0.0917. The molecule has 10 heteroatoms. The monoisotopic (exact) mass is 368 g/mol. The van der Waals surface area contributed by atoms with Crippen molar-refractivity contribution in [3.05, 3.63) is 55.8 Å². The van der Waals surface area contributed by atoms with E-state index in [1.165, 1.54) is 45.5 Å². The molecule has 0 N–H and O–H groups in total. The summed E-state index contributed by atoms with van der Waals surface area (Å²) in [6.07, 6.45) is -5.91. The van der Waals surface area contributed by atoms with Crippen LogP contribution in [-0.4, -0.2) is 28.6 Å². The molecule has 0 spiro atoms. The van der Waals surface area contributed by atoms with Crippen LogP contribution in [0.3, 0.4) is 0 Å². The van der Waals surface area contributed by atoms with E-state index in [1.807, 2.05) is 0 Å². The van der Waals surface area contributed by atoms with Gasteiger partial charge in [-0.05, 0) is 24.3 Å². The molecule has 0 saturated heterocycles. The Kier molecular flexibility index (Phi) is 4.13. The summed E-state index contributed by atoms with van der Waals surface area (Å²) in [6, 6.07) is 5.87. The second kappa shape index (κ2) is 6.04. The molecule has 1 aromatic heterocycles. The lowest BCUT2D eigenvalue weighted by Gasteiger charge is -2.31. The number of alkyl halides is 3. The van der Waals surface area contributed by atoms with Crippen LogP contribution in [0.1, 0.15) is 0 Å². The summed E-state index contributed by atoms with van der Waals surface area (Å²) in [4.78, 5) is 28.9. The van der Waals surface area contributed by atoms with E-state index < -0.39 is 23.6 Å². The number of benzene rings is 1. The number of rotatable bonds is 2. The molecule has 0 amide bonds. The standard InChI is InChI=1S/C16H15F3N4O3/c1-21-12-11(13(24)22(2)15(21)25)8-23(14(20-12)16(17,18)19)9-4-6-10(26-3)7-5-9/h4-8,14H,1-3H3. The van der Waals surface area contributed by atoms with E-state index in [4.69, 9.17) is 4.74 Å². The van der Waals surface area contributed by atoms with Gasteiger partial charge in [-0.1, -0.05) is 0 Å². The first-order valence-electron chi connectivity index (χ1n) is 7.50. The lowest BCUT2D eigenvalue weighted by molar-refractivity contribution is -0.145. The van der Waals surface area contributed by atoms with E-state index in [0.717, 1.165) is 20.2 Å². The molecular formula is C16H15F3N4O3. The number of methoxy groups -OCH3 is 1. The highest BCUT2D eigenvalue weighted by Crippen LogP contribution is 2.31. The second-order valence-corrected chi connectivity index (χ2v) is 5.72. The molecule has 1 aliphatic rings.